The summed E-state index contributed by atoms with van der Waals surface area (Å²) >= 11 is 0. The molecule has 1 aliphatic heterocycles. The minimum Gasteiger partial charge on any atom is -0.496 e. The standard InChI is InChI=1S/C25H29N5O4/c1-25(2,3)34-24(32)30-10-9-17(13-30)29-23-18-11-15(5-7-20(18)27-14-28-23)16-6-8-21(33-4)19(12-16)22(26)31/h5-8,11-12,14,17H,9-10,13H2,1-4H3,(H2,26,31)(H,27,28,29)/t17-/m0/s1. The quantitative estimate of drug-likeness (QED) is 0.590. The summed E-state index contributed by atoms with van der Waals surface area (Å²) < 4.78 is 10.7. The molecule has 34 heavy (non-hydrogen) atoms. The van der Waals surface area contributed by atoms with Crippen LogP contribution in [0.5, 0.6) is 5.75 Å². The Hall–Kier alpha value is -3.88. The Morgan fingerprint density at radius 1 is 1.12 bits per heavy atom. The first-order valence-electron chi connectivity index (χ1n) is 11.1. The van der Waals surface area contributed by atoms with Crippen molar-refractivity contribution in [1.82, 2.24) is 14.9 Å². The van der Waals surface area contributed by atoms with Gasteiger partial charge in [-0.2, -0.15) is 0 Å². The van der Waals surface area contributed by atoms with Gasteiger partial charge in [0, 0.05) is 24.5 Å². The number of carbonyl (C=O) groups excluding carboxylic acids is 2. The number of primary amides is 1. The van der Waals surface area contributed by atoms with Crippen LogP contribution < -0.4 is 15.8 Å². The molecule has 9 nitrogen and oxygen atoms in total. The number of fused-ring (bicyclic) bond motifs is 1. The van der Waals surface area contributed by atoms with Gasteiger partial charge in [0.25, 0.3) is 5.91 Å². The molecule has 2 heterocycles. The van der Waals surface area contributed by atoms with Gasteiger partial charge in [0.1, 0.15) is 23.5 Å². The van der Waals surface area contributed by atoms with Gasteiger partial charge in [-0.25, -0.2) is 14.8 Å². The second kappa shape index (κ2) is 9.17. The minimum atomic E-state index is -0.555. The van der Waals surface area contributed by atoms with E-state index in [1.54, 1.807) is 17.0 Å². The fourth-order valence-corrected chi connectivity index (χ4v) is 4.00. The Labute approximate surface area is 198 Å². The summed E-state index contributed by atoms with van der Waals surface area (Å²) in [6.45, 7) is 6.71. The van der Waals surface area contributed by atoms with Gasteiger partial charge in [0.15, 0.2) is 0 Å². The van der Waals surface area contributed by atoms with Crippen LogP contribution in [-0.2, 0) is 4.74 Å². The number of likely N-dealkylation sites (tertiary alicyclic amines) is 1. The number of nitrogens with zero attached hydrogens (tertiary/aromatic N) is 3. The Bertz CT molecular complexity index is 1240. The number of rotatable bonds is 5. The number of amides is 2. The van der Waals surface area contributed by atoms with Gasteiger partial charge in [-0.05, 0) is 62.6 Å². The van der Waals surface area contributed by atoms with E-state index in [4.69, 9.17) is 15.2 Å². The summed E-state index contributed by atoms with van der Waals surface area (Å²) in [7, 11) is 1.50. The minimum absolute atomic E-state index is 0.0386. The summed E-state index contributed by atoms with van der Waals surface area (Å²) in [5.74, 6) is 0.561. The number of anilines is 1. The molecule has 4 rings (SSSR count). The maximum absolute atomic E-state index is 12.4. The van der Waals surface area contributed by atoms with E-state index in [2.05, 4.69) is 15.3 Å². The predicted molar refractivity (Wildman–Crippen MR) is 130 cm³/mol. The molecule has 0 aliphatic carbocycles. The molecule has 0 unspecified atom stereocenters. The second-order valence-electron chi connectivity index (χ2n) is 9.29. The number of ether oxygens (including phenoxy) is 2. The van der Waals surface area contributed by atoms with Crippen LogP contribution in [0.4, 0.5) is 10.6 Å². The maximum atomic E-state index is 12.4. The number of methoxy groups -OCH3 is 1. The van der Waals surface area contributed by atoms with Crippen molar-refractivity contribution in [3.63, 3.8) is 0 Å². The third kappa shape index (κ3) is 5.03. The van der Waals surface area contributed by atoms with Gasteiger partial charge in [-0.1, -0.05) is 12.1 Å². The van der Waals surface area contributed by atoms with Crippen molar-refractivity contribution >= 4 is 28.7 Å². The van der Waals surface area contributed by atoms with Crippen LogP contribution >= 0.6 is 0 Å². The molecule has 3 aromatic rings. The number of carbonyl (C=O) groups is 2. The van der Waals surface area contributed by atoms with Crippen molar-refractivity contribution in [3.8, 4) is 16.9 Å². The van der Waals surface area contributed by atoms with Crippen LogP contribution in [0.15, 0.2) is 42.7 Å². The molecule has 1 atom stereocenters. The molecule has 3 N–H and O–H groups in total. The molecule has 178 valence electrons. The highest BCUT2D eigenvalue weighted by Gasteiger charge is 2.30. The third-order valence-corrected chi connectivity index (χ3v) is 5.61. The normalized spacial score (nSPS) is 15.9. The highest BCUT2D eigenvalue weighted by Crippen LogP contribution is 2.31. The smallest absolute Gasteiger partial charge is 0.410 e. The fourth-order valence-electron chi connectivity index (χ4n) is 4.00. The van der Waals surface area contributed by atoms with Gasteiger partial charge in [-0.15, -0.1) is 0 Å². The highest BCUT2D eigenvalue weighted by atomic mass is 16.6. The average Bonchev–Trinajstić information content (AvgIpc) is 3.26. The Balaban J connectivity index is 1.59. The molecular formula is C25H29N5O4. The second-order valence-corrected chi connectivity index (χ2v) is 9.29. The van der Waals surface area contributed by atoms with Gasteiger partial charge < -0.3 is 25.4 Å². The SMILES string of the molecule is COc1ccc(-c2ccc3ncnc(N[C@H]4CCN(C(=O)OC(C)(C)C)C4)c3c2)cc1C(N)=O. The Morgan fingerprint density at radius 2 is 1.85 bits per heavy atom. The topological polar surface area (TPSA) is 120 Å². The highest BCUT2D eigenvalue weighted by molar-refractivity contribution is 5.98. The van der Waals surface area contributed by atoms with E-state index < -0.39 is 11.5 Å². The van der Waals surface area contributed by atoms with Crippen molar-refractivity contribution in [1.29, 1.82) is 0 Å². The van der Waals surface area contributed by atoms with Crippen LogP contribution in [0.1, 0.15) is 37.6 Å². The van der Waals surface area contributed by atoms with Gasteiger partial charge in [-0.3, -0.25) is 4.79 Å². The van der Waals surface area contributed by atoms with Crippen LogP contribution in [-0.4, -0.2) is 58.7 Å². The molecule has 9 heteroatoms. The zero-order valence-corrected chi connectivity index (χ0v) is 19.8. The molecule has 1 aromatic heterocycles. The number of aromatic nitrogens is 2. The van der Waals surface area contributed by atoms with Crippen molar-refractivity contribution in [3.05, 3.63) is 48.3 Å². The lowest BCUT2D eigenvalue weighted by molar-refractivity contribution is 0.0293. The molecule has 0 radical (unpaired) electrons. The monoisotopic (exact) mass is 463 g/mol. The number of hydrogen-bond donors (Lipinski definition) is 2. The molecule has 1 aliphatic rings. The first-order chi connectivity index (χ1) is 16.1. The van der Waals surface area contributed by atoms with Gasteiger partial charge in [0.05, 0.1) is 18.2 Å². The first-order valence-corrected chi connectivity index (χ1v) is 11.1. The fraction of sp³-hybridized carbons (Fsp3) is 0.360. The number of nitrogens with one attached hydrogen (secondary N) is 1. The molecule has 1 fully saturated rings. The van der Waals surface area contributed by atoms with Gasteiger partial charge in [0.2, 0.25) is 0 Å². The largest absolute Gasteiger partial charge is 0.496 e. The van der Waals surface area contributed by atoms with E-state index >= 15 is 0 Å². The van der Waals surface area contributed by atoms with E-state index in [1.807, 2.05) is 45.0 Å². The number of benzene rings is 2. The molecule has 2 aromatic carbocycles. The van der Waals surface area contributed by atoms with Crippen molar-refractivity contribution in [2.75, 3.05) is 25.5 Å². The molecule has 0 saturated carbocycles. The number of hydrogen-bond acceptors (Lipinski definition) is 7. The van der Waals surface area contributed by atoms with Crippen molar-refractivity contribution < 1.29 is 19.1 Å². The molecular weight excluding hydrogens is 434 g/mol. The lowest BCUT2D eigenvalue weighted by Gasteiger charge is -2.24. The summed E-state index contributed by atoms with van der Waals surface area (Å²) in [6, 6.07) is 11.2. The average molecular weight is 464 g/mol. The van der Waals surface area contributed by atoms with Gasteiger partial charge >= 0.3 is 6.09 Å². The van der Waals surface area contributed by atoms with Crippen molar-refractivity contribution in [2.24, 2.45) is 5.73 Å². The molecule has 1 saturated heterocycles. The summed E-state index contributed by atoms with van der Waals surface area (Å²) in [6.07, 6.45) is 1.99. The Kier molecular flexibility index (Phi) is 6.28. The molecule has 2 amide bonds. The lowest BCUT2D eigenvalue weighted by atomic mass is 10.0. The zero-order valence-electron chi connectivity index (χ0n) is 19.8. The Morgan fingerprint density at radius 3 is 2.56 bits per heavy atom. The summed E-state index contributed by atoms with van der Waals surface area (Å²) in [5, 5.41) is 4.30. The van der Waals surface area contributed by atoms with E-state index in [1.165, 1.54) is 13.4 Å². The summed E-state index contributed by atoms with van der Waals surface area (Å²) in [4.78, 5) is 34.8. The maximum Gasteiger partial charge on any atom is 0.410 e. The first kappa shape index (κ1) is 23.3. The van der Waals surface area contributed by atoms with E-state index in [0.29, 0.717) is 30.2 Å². The van der Waals surface area contributed by atoms with E-state index in [9.17, 15) is 9.59 Å². The van der Waals surface area contributed by atoms with E-state index in [0.717, 1.165) is 28.5 Å². The van der Waals surface area contributed by atoms with E-state index in [-0.39, 0.29) is 12.1 Å². The van der Waals surface area contributed by atoms with Crippen LogP contribution in [0.2, 0.25) is 0 Å². The molecule has 0 bridgehead atoms. The summed E-state index contributed by atoms with van der Waals surface area (Å²) in [5.41, 5.74) is 7.80. The third-order valence-electron chi connectivity index (χ3n) is 5.61. The number of nitrogens with two attached hydrogens (primary N) is 1. The lowest BCUT2D eigenvalue weighted by Crippen LogP contribution is -2.36. The van der Waals surface area contributed by atoms with Crippen LogP contribution in [0.25, 0.3) is 22.0 Å². The van der Waals surface area contributed by atoms with Crippen LogP contribution in [0.3, 0.4) is 0 Å². The van der Waals surface area contributed by atoms with Crippen LogP contribution in [0, 0.1) is 0 Å². The molecule has 0 spiro atoms. The zero-order chi connectivity index (χ0) is 24.5. The van der Waals surface area contributed by atoms with Crippen molar-refractivity contribution in [2.45, 2.75) is 38.8 Å². The predicted octanol–water partition coefficient (Wildman–Crippen LogP) is 3.83.